The number of halogens is 4. The predicted octanol–water partition coefficient (Wildman–Crippen LogP) is 9.00. The highest BCUT2D eigenvalue weighted by Crippen LogP contribution is 2.37. The van der Waals surface area contributed by atoms with Crippen LogP contribution in [0.4, 0.5) is 13.2 Å². The summed E-state index contributed by atoms with van der Waals surface area (Å²) in [6.45, 7) is 27.0. The molecule has 0 spiro atoms. The van der Waals surface area contributed by atoms with E-state index >= 15 is 0 Å². The average Bonchev–Trinajstić information content (AvgIpc) is 3.88. The van der Waals surface area contributed by atoms with E-state index in [1.54, 1.807) is 23.2 Å². The lowest BCUT2D eigenvalue weighted by atomic mass is 10.1. The summed E-state index contributed by atoms with van der Waals surface area (Å²) in [5.41, 5.74) is 1.73. The van der Waals surface area contributed by atoms with Crippen molar-refractivity contribution in [1.29, 1.82) is 0 Å². The van der Waals surface area contributed by atoms with Crippen molar-refractivity contribution in [2.24, 2.45) is 0 Å². The van der Waals surface area contributed by atoms with Crippen molar-refractivity contribution in [3.05, 3.63) is 57.5 Å². The highest BCUT2D eigenvalue weighted by Gasteiger charge is 2.40. The van der Waals surface area contributed by atoms with Crippen molar-refractivity contribution < 1.29 is 32.2 Å². The topological polar surface area (TPSA) is 156 Å². The molecule has 0 fully saturated rings. The minimum atomic E-state index is -4.55. The number of fused-ring (bicyclic) bond motifs is 3. The van der Waals surface area contributed by atoms with Gasteiger partial charge in [-0.15, -0.1) is 0 Å². The highest BCUT2D eigenvalue weighted by atomic mass is 79.9. The second kappa shape index (κ2) is 18.4. The van der Waals surface area contributed by atoms with Gasteiger partial charge in [-0.3, -0.25) is 9.59 Å². The van der Waals surface area contributed by atoms with Crippen molar-refractivity contribution in [3.8, 4) is 5.82 Å². The smallest absolute Gasteiger partial charge is 0.361 e. The molecular formula is C41H60BrF3N10O4Si2. The monoisotopic (exact) mass is 948 g/mol. The van der Waals surface area contributed by atoms with E-state index in [2.05, 4.69) is 90.9 Å². The first-order valence-corrected chi connectivity index (χ1v) is 28.7. The fraction of sp³-hybridized carbons (Fsp3) is 0.585. The first-order valence-electron chi connectivity index (χ1n) is 20.5. The lowest BCUT2D eigenvalue weighted by Gasteiger charge is -2.20. The van der Waals surface area contributed by atoms with Crippen LogP contribution in [0, 0.1) is 0 Å². The molecule has 0 unspecified atom stereocenters. The lowest BCUT2D eigenvalue weighted by Crippen LogP contribution is -2.40. The fourth-order valence-electron chi connectivity index (χ4n) is 6.46. The third-order valence-corrected chi connectivity index (χ3v) is 13.2. The van der Waals surface area contributed by atoms with Crippen molar-refractivity contribution in [3.63, 3.8) is 0 Å². The van der Waals surface area contributed by atoms with Crippen LogP contribution in [-0.4, -0.2) is 91.1 Å². The standard InChI is InChI=1S/C24H33F3N6O2Si.C17H27BrN4O2Si/c1-23(2,3)30-22(34)16-13-32(14-35-10-11-36(4,5)6)21-19(16)29-18(12-28-21)33-17-9-7-8-15(17)20(31-33)24(25,26)27;1-17(2,3)21-16(23)12-10-22(11-24-7-8-25(4,5)6)15-14(12)20-13(18)9-19-15/h12-13H,7-11,14H2,1-6H3,(H,30,34);9-10H,7-8,11H2,1-6H3,(H,21,23). The quantitative estimate of drug-likeness (QED) is 0.0869. The van der Waals surface area contributed by atoms with E-state index in [4.69, 9.17) is 9.47 Å². The van der Waals surface area contributed by atoms with Crippen LogP contribution in [0.3, 0.4) is 0 Å². The molecule has 20 heteroatoms. The minimum absolute atomic E-state index is 0.151. The zero-order chi connectivity index (χ0) is 45.3. The van der Waals surface area contributed by atoms with Crippen molar-refractivity contribution in [2.45, 2.75) is 143 Å². The number of hydrogen-bond donors (Lipinski definition) is 2. The maximum atomic E-state index is 13.6. The van der Waals surface area contributed by atoms with Gasteiger partial charge in [0.15, 0.2) is 22.8 Å². The van der Waals surface area contributed by atoms with E-state index in [1.807, 2.05) is 46.1 Å². The highest BCUT2D eigenvalue weighted by molar-refractivity contribution is 9.10. The summed E-state index contributed by atoms with van der Waals surface area (Å²) >= 11 is 3.33. The van der Waals surface area contributed by atoms with Gasteiger partial charge in [-0.1, -0.05) is 39.3 Å². The Morgan fingerprint density at radius 2 is 1.23 bits per heavy atom. The molecule has 0 bridgehead atoms. The Morgan fingerprint density at radius 1 is 0.754 bits per heavy atom. The van der Waals surface area contributed by atoms with Crippen LogP contribution < -0.4 is 10.6 Å². The molecule has 0 atom stereocenters. The summed E-state index contributed by atoms with van der Waals surface area (Å²) in [7, 11) is -2.40. The van der Waals surface area contributed by atoms with Gasteiger partial charge in [0.25, 0.3) is 11.8 Å². The maximum absolute atomic E-state index is 13.6. The molecule has 0 radical (unpaired) electrons. The molecule has 2 amide bonds. The van der Waals surface area contributed by atoms with Crippen LogP contribution in [0.2, 0.25) is 51.4 Å². The summed E-state index contributed by atoms with van der Waals surface area (Å²) in [5.74, 6) is -0.356. The molecular weight excluding hydrogens is 890 g/mol. The summed E-state index contributed by atoms with van der Waals surface area (Å²) < 4.78 is 57.9. The molecule has 5 aromatic rings. The summed E-state index contributed by atoms with van der Waals surface area (Å²) in [5, 5.41) is 9.77. The normalized spacial score (nSPS) is 13.7. The fourth-order valence-corrected chi connectivity index (χ4v) is 8.25. The number of aromatic nitrogens is 8. The van der Waals surface area contributed by atoms with Crippen LogP contribution in [0.5, 0.6) is 0 Å². The van der Waals surface area contributed by atoms with Gasteiger partial charge in [0, 0.05) is 64.1 Å². The van der Waals surface area contributed by atoms with E-state index in [1.165, 1.54) is 10.9 Å². The Kier molecular flexibility index (Phi) is 14.5. The third kappa shape index (κ3) is 13.0. The van der Waals surface area contributed by atoms with Crippen molar-refractivity contribution >= 4 is 66.2 Å². The molecule has 5 aromatic heterocycles. The Morgan fingerprint density at radius 3 is 1.69 bits per heavy atom. The van der Waals surface area contributed by atoms with Crippen LogP contribution in [-0.2, 0) is 42.0 Å². The number of carbonyl (C=O) groups is 2. The molecule has 1 aliphatic carbocycles. The van der Waals surface area contributed by atoms with Gasteiger partial charge >= 0.3 is 6.18 Å². The first kappa shape index (κ1) is 48.1. The van der Waals surface area contributed by atoms with Gasteiger partial charge in [0.1, 0.15) is 29.1 Å². The van der Waals surface area contributed by atoms with E-state index in [0.717, 1.165) is 12.1 Å². The zero-order valence-corrected chi connectivity index (χ0v) is 41.0. The maximum Gasteiger partial charge on any atom is 0.435 e. The van der Waals surface area contributed by atoms with Gasteiger partial charge in [-0.05, 0) is 88.8 Å². The molecule has 0 saturated heterocycles. The summed E-state index contributed by atoms with van der Waals surface area (Å²) in [4.78, 5) is 43.7. The Labute approximate surface area is 365 Å². The van der Waals surface area contributed by atoms with Crippen LogP contribution in [0.15, 0.2) is 29.4 Å². The number of amides is 2. The zero-order valence-electron chi connectivity index (χ0n) is 37.4. The molecule has 6 rings (SSSR count). The van der Waals surface area contributed by atoms with E-state index in [0.29, 0.717) is 77.4 Å². The first-order chi connectivity index (χ1) is 28.1. The molecule has 334 valence electrons. The molecule has 2 N–H and O–H groups in total. The van der Waals surface area contributed by atoms with Crippen molar-refractivity contribution in [2.75, 3.05) is 13.2 Å². The lowest BCUT2D eigenvalue weighted by molar-refractivity contribution is -0.141. The number of carbonyl (C=O) groups excluding carboxylic acids is 2. The summed E-state index contributed by atoms with van der Waals surface area (Å²) in [6, 6.07) is 2.09. The minimum Gasteiger partial charge on any atom is -0.361 e. The second-order valence-electron chi connectivity index (χ2n) is 19.9. The van der Waals surface area contributed by atoms with Gasteiger partial charge in [0.2, 0.25) is 0 Å². The van der Waals surface area contributed by atoms with Gasteiger partial charge in [-0.25, -0.2) is 24.6 Å². The van der Waals surface area contributed by atoms with E-state index in [9.17, 15) is 22.8 Å². The Bertz CT molecular complexity index is 2370. The summed E-state index contributed by atoms with van der Waals surface area (Å²) in [6.07, 6.45) is 3.31. The molecule has 0 saturated carbocycles. The molecule has 0 aliphatic heterocycles. The van der Waals surface area contributed by atoms with Gasteiger partial charge in [-0.2, -0.15) is 18.3 Å². The Balaban J connectivity index is 0.000000247. The SMILES string of the molecule is CC(C)(C)NC(=O)c1cn(COCC[Si](C)(C)C)c2ncc(-n3nc(C(F)(F)F)c4c3CCC4)nc12.CC(C)(C)NC(=O)c1cn(COCC[Si](C)(C)C)c2ncc(Br)nc12. The molecule has 5 heterocycles. The largest absolute Gasteiger partial charge is 0.435 e. The van der Waals surface area contributed by atoms with Crippen molar-refractivity contribution in [1.82, 2.24) is 49.5 Å². The number of alkyl halides is 3. The number of nitrogens with one attached hydrogen (secondary N) is 2. The number of hydrogen-bond acceptors (Lipinski definition) is 9. The predicted molar refractivity (Wildman–Crippen MR) is 240 cm³/mol. The number of ether oxygens (including phenoxy) is 2. The molecule has 61 heavy (non-hydrogen) atoms. The van der Waals surface area contributed by atoms with Crippen LogP contribution >= 0.6 is 15.9 Å². The Hall–Kier alpha value is -3.99. The molecule has 1 aliphatic rings. The average molecular weight is 950 g/mol. The van der Waals surface area contributed by atoms with Crippen LogP contribution in [0.1, 0.15) is 85.6 Å². The van der Waals surface area contributed by atoms with Crippen LogP contribution in [0.25, 0.3) is 28.1 Å². The van der Waals surface area contributed by atoms with E-state index < -0.39 is 33.6 Å². The van der Waals surface area contributed by atoms with Gasteiger partial charge in [0.05, 0.1) is 23.5 Å². The number of nitrogens with zero attached hydrogens (tertiary/aromatic N) is 8. The molecule has 0 aromatic carbocycles. The molecule has 14 nitrogen and oxygen atoms in total. The number of rotatable bonds is 13. The third-order valence-electron chi connectivity index (χ3n) is 9.42. The van der Waals surface area contributed by atoms with E-state index in [-0.39, 0.29) is 41.0 Å². The van der Waals surface area contributed by atoms with Gasteiger partial charge < -0.3 is 29.2 Å². The second-order valence-corrected chi connectivity index (χ2v) is 32.0.